The summed E-state index contributed by atoms with van der Waals surface area (Å²) in [6, 6.07) is 17.7. The van der Waals surface area contributed by atoms with Gasteiger partial charge < -0.3 is 9.80 Å². The lowest BCUT2D eigenvalue weighted by Gasteiger charge is -2.38. The highest BCUT2D eigenvalue weighted by atomic mass is 35.5. The van der Waals surface area contributed by atoms with Gasteiger partial charge in [-0.05, 0) is 61.8 Å². The standard InChI is InChI=1S/C25H29ClN2O2/c26-23-10-4-8-21(17-23)24(29)28-13-5-9-22(18-28)25(30)27-14-11-20(12-15-27)16-19-6-2-1-3-7-19/h1-4,6-8,10,17,20,22H,5,9,11-16,18H2/t22-/m0/s1. The van der Waals surface area contributed by atoms with Crippen LogP contribution >= 0.6 is 11.6 Å². The summed E-state index contributed by atoms with van der Waals surface area (Å²) in [7, 11) is 0. The second-order valence-electron chi connectivity index (χ2n) is 8.56. The third kappa shape index (κ3) is 5.04. The number of likely N-dealkylation sites (tertiary alicyclic amines) is 2. The zero-order chi connectivity index (χ0) is 20.9. The summed E-state index contributed by atoms with van der Waals surface area (Å²) < 4.78 is 0. The Morgan fingerprint density at radius 1 is 0.900 bits per heavy atom. The van der Waals surface area contributed by atoms with Gasteiger partial charge >= 0.3 is 0 Å². The molecule has 0 spiro atoms. The first kappa shape index (κ1) is 20.9. The zero-order valence-corrected chi connectivity index (χ0v) is 18.1. The van der Waals surface area contributed by atoms with Gasteiger partial charge in [0.1, 0.15) is 0 Å². The zero-order valence-electron chi connectivity index (χ0n) is 17.3. The lowest BCUT2D eigenvalue weighted by molar-refractivity contribution is -0.138. The highest BCUT2D eigenvalue weighted by Crippen LogP contribution is 2.26. The van der Waals surface area contributed by atoms with Gasteiger partial charge in [-0.15, -0.1) is 0 Å². The Hall–Kier alpha value is -2.33. The molecule has 0 aromatic heterocycles. The number of carbonyl (C=O) groups is 2. The van der Waals surface area contributed by atoms with E-state index in [1.165, 1.54) is 5.56 Å². The van der Waals surface area contributed by atoms with Crippen molar-refractivity contribution in [1.82, 2.24) is 9.80 Å². The molecule has 2 aromatic rings. The Morgan fingerprint density at radius 3 is 2.40 bits per heavy atom. The van der Waals surface area contributed by atoms with Crippen LogP contribution in [-0.4, -0.2) is 47.8 Å². The maximum atomic E-state index is 13.1. The first-order chi connectivity index (χ1) is 14.6. The molecule has 5 heteroatoms. The summed E-state index contributed by atoms with van der Waals surface area (Å²) in [6.45, 7) is 2.87. The molecule has 4 rings (SSSR count). The van der Waals surface area contributed by atoms with Crippen LogP contribution in [0.4, 0.5) is 0 Å². The molecule has 0 saturated carbocycles. The number of nitrogens with zero attached hydrogens (tertiary/aromatic N) is 2. The van der Waals surface area contributed by atoms with Gasteiger partial charge in [0.15, 0.2) is 0 Å². The van der Waals surface area contributed by atoms with Crippen LogP contribution in [0.15, 0.2) is 54.6 Å². The molecule has 2 aromatic carbocycles. The van der Waals surface area contributed by atoms with Gasteiger partial charge in [-0.1, -0.05) is 48.0 Å². The van der Waals surface area contributed by atoms with Crippen molar-refractivity contribution >= 4 is 23.4 Å². The molecule has 158 valence electrons. The number of piperidine rings is 2. The first-order valence-electron chi connectivity index (χ1n) is 11.0. The van der Waals surface area contributed by atoms with Crippen LogP contribution in [0.5, 0.6) is 0 Å². The van der Waals surface area contributed by atoms with Crippen LogP contribution < -0.4 is 0 Å². The summed E-state index contributed by atoms with van der Waals surface area (Å²) in [5.41, 5.74) is 1.97. The average molecular weight is 425 g/mol. The quantitative estimate of drug-likeness (QED) is 0.715. The largest absolute Gasteiger partial charge is 0.342 e. The fourth-order valence-corrected chi connectivity index (χ4v) is 4.92. The molecular formula is C25H29ClN2O2. The van der Waals surface area contributed by atoms with E-state index >= 15 is 0 Å². The van der Waals surface area contributed by atoms with E-state index in [4.69, 9.17) is 11.6 Å². The highest BCUT2D eigenvalue weighted by molar-refractivity contribution is 6.30. The Kier molecular flexibility index (Phi) is 6.73. The number of carbonyl (C=O) groups excluding carboxylic acids is 2. The second-order valence-corrected chi connectivity index (χ2v) is 9.00. The molecule has 0 N–H and O–H groups in total. The molecule has 2 aliphatic rings. The molecular weight excluding hydrogens is 396 g/mol. The molecule has 2 fully saturated rings. The van der Waals surface area contributed by atoms with Gasteiger partial charge in [0.2, 0.25) is 5.91 Å². The van der Waals surface area contributed by atoms with Crippen molar-refractivity contribution in [2.75, 3.05) is 26.2 Å². The van der Waals surface area contributed by atoms with Gasteiger partial charge in [-0.3, -0.25) is 9.59 Å². The summed E-state index contributed by atoms with van der Waals surface area (Å²) in [5, 5.41) is 0.559. The Labute approximate surface area is 183 Å². The van der Waals surface area contributed by atoms with E-state index in [0.29, 0.717) is 29.6 Å². The smallest absolute Gasteiger partial charge is 0.253 e. The van der Waals surface area contributed by atoms with Crippen molar-refractivity contribution in [2.45, 2.75) is 32.1 Å². The predicted octanol–water partition coefficient (Wildman–Crippen LogP) is 4.67. The fraction of sp³-hybridized carbons (Fsp3) is 0.440. The lowest BCUT2D eigenvalue weighted by atomic mass is 9.89. The summed E-state index contributed by atoms with van der Waals surface area (Å²) in [5.74, 6) is 0.740. The third-order valence-corrected chi connectivity index (χ3v) is 6.66. The monoisotopic (exact) mass is 424 g/mol. The van der Waals surface area contributed by atoms with Crippen LogP contribution in [0.3, 0.4) is 0 Å². The van der Waals surface area contributed by atoms with Gasteiger partial charge in [-0.2, -0.15) is 0 Å². The Balaban J connectivity index is 1.31. The topological polar surface area (TPSA) is 40.6 Å². The first-order valence-corrected chi connectivity index (χ1v) is 11.4. The Bertz CT molecular complexity index is 878. The molecule has 1 atom stereocenters. The van der Waals surface area contributed by atoms with Crippen LogP contribution in [0.1, 0.15) is 41.6 Å². The number of rotatable bonds is 4. The minimum atomic E-state index is -0.0902. The fourth-order valence-electron chi connectivity index (χ4n) is 4.73. The summed E-state index contributed by atoms with van der Waals surface area (Å²) in [6.07, 6.45) is 4.93. The number of amides is 2. The van der Waals surface area contributed by atoms with Crippen molar-refractivity contribution in [3.05, 3.63) is 70.7 Å². The van der Waals surface area contributed by atoms with E-state index in [0.717, 1.165) is 45.2 Å². The van der Waals surface area contributed by atoms with Gasteiger partial charge in [0.25, 0.3) is 5.91 Å². The van der Waals surface area contributed by atoms with Crippen LogP contribution in [0, 0.1) is 11.8 Å². The van der Waals surface area contributed by atoms with E-state index in [2.05, 4.69) is 30.3 Å². The minimum absolute atomic E-state index is 0.0310. The maximum absolute atomic E-state index is 13.1. The van der Waals surface area contributed by atoms with Crippen molar-refractivity contribution in [3.8, 4) is 0 Å². The Morgan fingerprint density at radius 2 is 1.67 bits per heavy atom. The summed E-state index contributed by atoms with van der Waals surface area (Å²) in [4.78, 5) is 29.8. The number of halogens is 1. The van der Waals surface area contributed by atoms with Crippen LogP contribution in [0.2, 0.25) is 5.02 Å². The maximum Gasteiger partial charge on any atom is 0.253 e. The van der Waals surface area contributed by atoms with Crippen molar-refractivity contribution in [1.29, 1.82) is 0 Å². The molecule has 0 unspecified atom stereocenters. The molecule has 2 saturated heterocycles. The van der Waals surface area contributed by atoms with Gasteiger partial charge in [0.05, 0.1) is 5.92 Å². The van der Waals surface area contributed by atoms with Crippen molar-refractivity contribution in [2.24, 2.45) is 11.8 Å². The van der Waals surface area contributed by atoms with Crippen LogP contribution in [-0.2, 0) is 11.2 Å². The predicted molar refractivity (Wildman–Crippen MR) is 120 cm³/mol. The van der Waals surface area contributed by atoms with Crippen LogP contribution in [0.25, 0.3) is 0 Å². The van der Waals surface area contributed by atoms with E-state index in [1.54, 1.807) is 24.3 Å². The number of hydrogen-bond donors (Lipinski definition) is 0. The molecule has 2 aliphatic heterocycles. The second kappa shape index (κ2) is 9.65. The molecule has 2 heterocycles. The SMILES string of the molecule is O=C(c1cccc(Cl)c1)N1CCC[C@H](C(=O)N2CCC(Cc3ccccc3)CC2)C1. The van der Waals surface area contributed by atoms with Crippen molar-refractivity contribution in [3.63, 3.8) is 0 Å². The minimum Gasteiger partial charge on any atom is -0.342 e. The lowest BCUT2D eigenvalue weighted by Crippen LogP contribution is -2.48. The molecule has 4 nitrogen and oxygen atoms in total. The average Bonchev–Trinajstić information content (AvgIpc) is 2.79. The summed E-state index contributed by atoms with van der Waals surface area (Å²) >= 11 is 6.04. The molecule has 0 bridgehead atoms. The number of benzene rings is 2. The third-order valence-electron chi connectivity index (χ3n) is 6.42. The van der Waals surface area contributed by atoms with E-state index in [9.17, 15) is 9.59 Å². The molecule has 2 amide bonds. The van der Waals surface area contributed by atoms with Gasteiger partial charge in [-0.25, -0.2) is 0 Å². The number of hydrogen-bond acceptors (Lipinski definition) is 2. The van der Waals surface area contributed by atoms with E-state index < -0.39 is 0 Å². The van der Waals surface area contributed by atoms with E-state index in [1.807, 2.05) is 9.80 Å². The molecule has 0 aliphatic carbocycles. The van der Waals surface area contributed by atoms with Crippen molar-refractivity contribution < 1.29 is 9.59 Å². The van der Waals surface area contributed by atoms with E-state index in [-0.39, 0.29) is 17.7 Å². The van der Waals surface area contributed by atoms with Gasteiger partial charge in [0, 0.05) is 36.8 Å². The highest BCUT2D eigenvalue weighted by Gasteiger charge is 2.33. The molecule has 30 heavy (non-hydrogen) atoms. The molecule has 0 radical (unpaired) electrons. The normalized spacial score (nSPS) is 20.2.